The van der Waals surface area contributed by atoms with E-state index < -0.39 is 0 Å². The van der Waals surface area contributed by atoms with Gasteiger partial charge in [-0.15, -0.1) is 0 Å². The summed E-state index contributed by atoms with van der Waals surface area (Å²) in [6, 6.07) is 9.11. The third-order valence-corrected chi connectivity index (χ3v) is 3.67. The lowest BCUT2D eigenvalue weighted by Gasteiger charge is -2.27. The lowest BCUT2D eigenvalue weighted by molar-refractivity contribution is 0.0296. The van der Waals surface area contributed by atoms with Gasteiger partial charge < -0.3 is 14.2 Å². The summed E-state index contributed by atoms with van der Waals surface area (Å²) in [6.07, 6.45) is 0. The number of pyridine rings is 1. The van der Waals surface area contributed by atoms with Gasteiger partial charge in [0.25, 0.3) is 11.5 Å². The van der Waals surface area contributed by atoms with Gasteiger partial charge in [0, 0.05) is 25.5 Å². The average Bonchev–Trinajstić information content (AvgIpc) is 2.51. The molecule has 1 fully saturated rings. The smallest absolute Gasteiger partial charge is 0.270 e. The highest BCUT2D eigenvalue weighted by Crippen LogP contribution is 2.13. The Kier molecular flexibility index (Phi) is 3.28. The second kappa shape index (κ2) is 5.09. The second-order valence-corrected chi connectivity index (χ2v) is 4.89. The van der Waals surface area contributed by atoms with Gasteiger partial charge >= 0.3 is 0 Å². The van der Waals surface area contributed by atoms with E-state index >= 15 is 0 Å². The van der Waals surface area contributed by atoms with Gasteiger partial charge in [0.1, 0.15) is 5.69 Å². The molecule has 0 aliphatic carbocycles. The molecule has 5 heteroatoms. The van der Waals surface area contributed by atoms with E-state index in [1.165, 1.54) is 4.57 Å². The Morgan fingerprint density at radius 1 is 1.20 bits per heavy atom. The number of hydrogen-bond acceptors (Lipinski definition) is 3. The number of carbonyl (C=O) groups is 1. The first kappa shape index (κ1) is 12.9. The highest BCUT2D eigenvalue weighted by molar-refractivity contribution is 5.96. The fraction of sp³-hybridized carbons (Fsp3) is 0.333. The summed E-state index contributed by atoms with van der Waals surface area (Å²) >= 11 is 0. The zero-order chi connectivity index (χ0) is 14.1. The third-order valence-electron chi connectivity index (χ3n) is 3.67. The summed E-state index contributed by atoms with van der Waals surface area (Å²) in [6.45, 7) is 2.24. The summed E-state index contributed by atoms with van der Waals surface area (Å²) in [4.78, 5) is 26.6. The van der Waals surface area contributed by atoms with Crippen LogP contribution in [0.4, 0.5) is 0 Å². The highest BCUT2D eigenvalue weighted by Gasteiger charge is 2.21. The first-order valence-electron chi connectivity index (χ1n) is 6.64. The molecule has 0 unspecified atom stereocenters. The molecule has 5 nitrogen and oxygen atoms in total. The number of amides is 1. The molecule has 3 rings (SSSR count). The molecular formula is C15H16N2O3. The lowest BCUT2D eigenvalue weighted by atomic mass is 10.1. The first-order valence-corrected chi connectivity index (χ1v) is 6.64. The highest BCUT2D eigenvalue weighted by atomic mass is 16.5. The summed E-state index contributed by atoms with van der Waals surface area (Å²) in [7, 11) is 1.64. The van der Waals surface area contributed by atoms with Gasteiger partial charge in [0.2, 0.25) is 0 Å². The van der Waals surface area contributed by atoms with Crippen LogP contribution < -0.4 is 5.56 Å². The van der Waals surface area contributed by atoms with Crippen LogP contribution in [0.2, 0.25) is 0 Å². The zero-order valence-electron chi connectivity index (χ0n) is 11.3. The van der Waals surface area contributed by atoms with Crippen molar-refractivity contribution in [2.24, 2.45) is 7.05 Å². The normalized spacial score (nSPS) is 15.6. The van der Waals surface area contributed by atoms with Gasteiger partial charge in [-0.3, -0.25) is 9.59 Å². The molecule has 1 aliphatic rings. The minimum Gasteiger partial charge on any atom is -0.378 e. The quantitative estimate of drug-likeness (QED) is 0.778. The summed E-state index contributed by atoms with van der Waals surface area (Å²) < 4.78 is 6.68. The van der Waals surface area contributed by atoms with Crippen molar-refractivity contribution in [3.8, 4) is 0 Å². The molecule has 1 aliphatic heterocycles. The van der Waals surface area contributed by atoms with Crippen molar-refractivity contribution in [3.63, 3.8) is 0 Å². The molecule has 1 aromatic carbocycles. The SMILES string of the molecule is Cn1c(C(=O)N2CCOCC2)cc2ccccc2c1=O. The molecule has 0 radical (unpaired) electrons. The number of rotatable bonds is 1. The fourth-order valence-corrected chi connectivity index (χ4v) is 2.49. The molecule has 20 heavy (non-hydrogen) atoms. The van der Waals surface area contributed by atoms with E-state index in [9.17, 15) is 9.59 Å². The maximum Gasteiger partial charge on any atom is 0.270 e. The van der Waals surface area contributed by atoms with Crippen LogP contribution in [0.3, 0.4) is 0 Å². The van der Waals surface area contributed by atoms with E-state index in [0.717, 1.165) is 5.39 Å². The van der Waals surface area contributed by atoms with Crippen LogP contribution in [0.15, 0.2) is 35.1 Å². The number of benzene rings is 1. The maximum absolute atomic E-state index is 12.5. The zero-order valence-corrected chi connectivity index (χ0v) is 11.3. The van der Waals surface area contributed by atoms with Crippen LogP contribution >= 0.6 is 0 Å². The number of aromatic nitrogens is 1. The lowest BCUT2D eigenvalue weighted by Crippen LogP contribution is -2.42. The monoisotopic (exact) mass is 272 g/mol. The molecule has 2 aromatic rings. The molecule has 0 saturated carbocycles. The van der Waals surface area contributed by atoms with Crippen molar-refractivity contribution < 1.29 is 9.53 Å². The van der Waals surface area contributed by atoms with Gasteiger partial charge in [-0.1, -0.05) is 18.2 Å². The molecule has 0 atom stereocenters. The van der Waals surface area contributed by atoms with Crippen LogP contribution in [0.1, 0.15) is 10.5 Å². The Hall–Kier alpha value is -2.14. The Morgan fingerprint density at radius 2 is 1.90 bits per heavy atom. The number of carbonyl (C=O) groups excluding carboxylic acids is 1. The van der Waals surface area contributed by atoms with Crippen LogP contribution in [-0.4, -0.2) is 41.7 Å². The molecule has 2 heterocycles. The molecule has 1 aromatic heterocycles. The van der Waals surface area contributed by atoms with E-state index in [-0.39, 0.29) is 11.5 Å². The Morgan fingerprint density at radius 3 is 2.65 bits per heavy atom. The van der Waals surface area contributed by atoms with Crippen LogP contribution in [0, 0.1) is 0 Å². The number of hydrogen-bond donors (Lipinski definition) is 0. The van der Waals surface area contributed by atoms with Crippen molar-refractivity contribution in [2.75, 3.05) is 26.3 Å². The average molecular weight is 272 g/mol. The number of ether oxygens (including phenoxy) is 1. The van der Waals surface area contributed by atoms with Gasteiger partial charge in [-0.25, -0.2) is 0 Å². The van der Waals surface area contributed by atoms with Gasteiger partial charge in [0.15, 0.2) is 0 Å². The van der Waals surface area contributed by atoms with Crippen molar-refractivity contribution in [3.05, 3.63) is 46.4 Å². The standard InChI is InChI=1S/C15H16N2O3/c1-16-13(15(19)17-6-8-20-9-7-17)10-11-4-2-3-5-12(11)14(16)18/h2-5,10H,6-9H2,1H3. The van der Waals surface area contributed by atoms with E-state index in [0.29, 0.717) is 37.4 Å². The Balaban J connectivity index is 2.09. The molecule has 1 saturated heterocycles. The molecule has 1 amide bonds. The number of fused-ring (bicyclic) bond motifs is 1. The van der Waals surface area contributed by atoms with Gasteiger partial charge in [-0.2, -0.15) is 0 Å². The summed E-state index contributed by atoms with van der Waals surface area (Å²) in [5, 5.41) is 1.43. The van der Waals surface area contributed by atoms with Gasteiger partial charge in [-0.05, 0) is 17.5 Å². The molecule has 0 bridgehead atoms. The van der Waals surface area contributed by atoms with E-state index in [1.807, 2.05) is 18.2 Å². The van der Waals surface area contributed by atoms with Crippen molar-refractivity contribution >= 4 is 16.7 Å². The molecule has 0 N–H and O–H groups in total. The molecule has 104 valence electrons. The van der Waals surface area contributed by atoms with Crippen LogP contribution in [-0.2, 0) is 11.8 Å². The van der Waals surface area contributed by atoms with Crippen molar-refractivity contribution in [2.45, 2.75) is 0 Å². The Labute approximate surface area is 116 Å². The molecule has 0 spiro atoms. The third kappa shape index (κ3) is 2.10. The predicted octanol–water partition coefficient (Wildman–Crippen LogP) is 1.01. The maximum atomic E-state index is 12.5. The largest absolute Gasteiger partial charge is 0.378 e. The topological polar surface area (TPSA) is 51.5 Å². The fourth-order valence-electron chi connectivity index (χ4n) is 2.49. The van der Waals surface area contributed by atoms with Gasteiger partial charge in [0.05, 0.1) is 13.2 Å². The van der Waals surface area contributed by atoms with E-state index in [2.05, 4.69) is 0 Å². The second-order valence-electron chi connectivity index (χ2n) is 4.89. The Bertz CT molecular complexity index is 715. The number of nitrogens with zero attached hydrogens (tertiary/aromatic N) is 2. The summed E-state index contributed by atoms with van der Waals surface area (Å²) in [5.74, 6) is -0.112. The van der Waals surface area contributed by atoms with Crippen LogP contribution in [0.5, 0.6) is 0 Å². The minimum absolute atomic E-state index is 0.112. The summed E-state index contributed by atoms with van der Waals surface area (Å²) in [5.41, 5.74) is 0.287. The van der Waals surface area contributed by atoms with Crippen LogP contribution in [0.25, 0.3) is 10.8 Å². The van der Waals surface area contributed by atoms with E-state index in [1.54, 1.807) is 24.1 Å². The van der Waals surface area contributed by atoms with Crippen molar-refractivity contribution in [1.29, 1.82) is 0 Å². The predicted molar refractivity (Wildman–Crippen MR) is 75.9 cm³/mol. The van der Waals surface area contributed by atoms with Crippen molar-refractivity contribution in [1.82, 2.24) is 9.47 Å². The first-order chi connectivity index (χ1) is 9.68. The number of morpholine rings is 1. The molecular weight excluding hydrogens is 256 g/mol. The van der Waals surface area contributed by atoms with E-state index in [4.69, 9.17) is 4.74 Å². The minimum atomic E-state index is -0.139.